The van der Waals surface area contributed by atoms with Gasteiger partial charge < -0.3 is 9.64 Å². The summed E-state index contributed by atoms with van der Waals surface area (Å²) < 4.78 is 5.57. The van der Waals surface area contributed by atoms with E-state index in [0.717, 1.165) is 42.9 Å². The summed E-state index contributed by atoms with van der Waals surface area (Å²) in [5.41, 5.74) is 1.83. The Kier molecular flexibility index (Phi) is 5.00. The van der Waals surface area contributed by atoms with Crippen LogP contribution in [0.25, 0.3) is 0 Å². The van der Waals surface area contributed by atoms with E-state index < -0.39 is 0 Å². The number of hydrogen-bond donors (Lipinski definition) is 0. The standard InChI is InChI=1S/C18H20ClN3O2/c1-12-9-15(10-13(2)17(12)19)24-18(23)14-3-7-22(8-4-14)16-11-20-5-6-21-16/h5-6,9-11,14H,3-4,7-8H2,1-2H3. The van der Waals surface area contributed by atoms with Crippen molar-refractivity contribution >= 4 is 23.4 Å². The van der Waals surface area contributed by atoms with Crippen LogP contribution in [0.1, 0.15) is 24.0 Å². The fourth-order valence-corrected chi connectivity index (χ4v) is 3.07. The van der Waals surface area contributed by atoms with Gasteiger partial charge in [0.15, 0.2) is 0 Å². The number of rotatable bonds is 3. The third-order valence-corrected chi connectivity index (χ3v) is 4.93. The molecule has 0 spiro atoms. The highest BCUT2D eigenvalue weighted by Gasteiger charge is 2.27. The molecule has 24 heavy (non-hydrogen) atoms. The smallest absolute Gasteiger partial charge is 0.314 e. The quantitative estimate of drug-likeness (QED) is 0.628. The van der Waals surface area contributed by atoms with Gasteiger partial charge in [0.05, 0.1) is 12.1 Å². The van der Waals surface area contributed by atoms with E-state index in [1.165, 1.54) is 0 Å². The van der Waals surface area contributed by atoms with E-state index in [2.05, 4.69) is 14.9 Å². The molecule has 3 rings (SSSR count). The molecule has 1 aliphatic heterocycles. The Bertz CT molecular complexity index is 705. The summed E-state index contributed by atoms with van der Waals surface area (Å²) in [6.45, 7) is 5.37. The molecule has 6 heteroatoms. The Labute approximate surface area is 146 Å². The fourth-order valence-electron chi connectivity index (χ4n) is 2.96. The van der Waals surface area contributed by atoms with Crippen LogP contribution in [-0.2, 0) is 4.79 Å². The number of benzene rings is 1. The molecule has 126 valence electrons. The predicted octanol–water partition coefficient (Wildman–Crippen LogP) is 3.57. The SMILES string of the molecule is Cc1cc(OC(=O)C2CCN(c3cnccn3)CC2)cc(C)c1Cl. The molecule has 1 saturated heterocycles. The minimum absolute atomic E-state index is 0.0887. The Morgan fingerprint density at radius 2 is 1.88 bits per heavy atom. The number of aryl methyl sites for hydroxylation is 2. The Morgan fingerprint density at radius 3 is 2.46 bits per heavy atom. The molecule has 1 fully saturated rings. The highest BCUT2D eigenvalue weighted by Crippen LogP contribution is 2.28. The predicted molar refractivity (Wildman–Crippen MR) is 93.5 cm³/mol. The van der Waals surface area contributed by atoms with Crippen molar-refractivity contribution in [3.05, 3.63) is 46.9 Å². The Hall–Kier alpha value is -2.14. The lowest BCUT2D eigenvalue weighted by molar-refractivity contribution is -0.139. The van der Waals surface area contributed by atoms with E-state index in [1.807, 2.05) is 26.0 Å². The zero-order valence-corrected chi connectivity index (χ0v) is 14.6. The molecule has 5 nitrogen and oxygen atoms in total. The van der Waals surface area contributed by atoms with Crippen molar-refractivity contribution in [1.29, 1.82) is 0 Å². The van der Waals surface area contributed by atoms with Gasteiger partial charge in [-0.2, -0.15) is 0 Å². The zero-order chi connectivity index (χ0) is 17.1. The van der Waals surface area contributed by atoms with Crippen molar-refractivity contribution in [1.82, 2.24) is 9.97 Å². The molecule has 0 bridgehead atoms. The lowest BCUT2D eigenvalue weighted by Crippen LogP contribution is -2.38. The van der Waals surface area contributed by atoms with Gasteiger partial charge in [-0.25, -0.2) is 4.98 Å². The first-order valence-corrected chi connectivity index (χ1v) is 8.42. The van der Waals surface area contributed by atoms with Gasteiger partial charge in [0.1, 0.15) is 11.6 Å². The van der Waals surface area contributed by atoms with Crippen molar-refractivity contribution in [2.45, 2.75) is 26.7 Å². The van der Waals surface area contributed by atoms with Gasteiger partial charge in [0.2, 0.25) is 0 Å². The number of aromatic nitrogens is 2. The summed E-state index contributed by atoms with van der Waals surface area (Å²) in [6, 6.07) is 3.61. The lowest BCUT2D eigenvalue weighted by Gasteiger charge is -2.31. The van der Waals surface area contributed by atoms with Gasteiger partial charge in [-0.15, -0.1) is 0 Å². The van der Waals surface area contributed by atoms with Crippen LogP contribution in [0, 0.1) is 19.8 Å². The van der Waals surface area contributed by atoms with Crippen LogP contribution in [0.2, 0.25) is 5.02 Å². The van der Waals surface area contributed by atoms with E-state index in [1.54, 1.807) is 18.6 Å². The largest absolute Gasteiger partial charge is 0.426 e. The molecular weight excluding hydrogens is 326 g/mol. The Balaban J connectivity index is 1.59. The summed E-state index contributed by atoms with van der Waals surface area (Å²) in [5, 5.41) is 0.715. The van der Waals surface area contributed by atoms with E-state index in [-0.39, 0.29) is 11.9 Å². The second kappa shape index (κ2) is 7.18. The van der Waals surface area contributed by atoms with Gasteiger partial charge in [-0.05, 0) is 49.9 Å². The third-order valence-electron chi connectivity index (χ3n) is 4.33. The van der Waals surface area contributed by atoms with E-state index in [4.69, 9.17) is 16.3 Å². The second-order valence-electron chi connectivity index (χ2n) is 6.12. The molecule has 0 saturated carbocycles. The number of hydrogen-bond acceptors (Lipinski definition) is 5. The number of anilines is 1. The summed E-state index contributed by atoms with van der Waals surface area (Å²) in [4.78, 5) is 23.0. The number of carbonyl (C=O) groups excluding carboxylic acids is 1. The molecule has 0 radical (unpaired) electrons. The van der Waals surface area contributed by atoms with Crippen LogP contribution in [-0.4, -0.2) is 29.0 Å². The Morgan fingerprint density at radius 1 is 1.21 bits per heavy atom. The van der Waals surface area contributed by atoms with Crippen molar-refractivity contribution in [2.24, 2.45) is 5.92 Å². The number of halogens is 1. The highest BCUT2D eigenvalue weighted by molar-refractivity contribution is 6.32. The van der Waals surface area contributed by atoms with Crippen molar-refractivity contribution < 1.29 is 9.53 Å². The molecular formula is C18H20ClN3O2. The normalized spacial score (nSPS) is 15.4. The van der Waals surface area contributed by atoms with Crippen LogP contribution < -0.4 is 9.64 Å². The number of nitrogens with zero attached hydrogens (tertiary/aromatic N) is 3. The highest BCUT2D eigenvalue weighted by atomic mass is 35.5. The maximum atomic E-state index is 12.4. The summed E-state index contributed by atoms with van der Waals surface area (Å²) in [6.07, 6.45) is 6.59. The average Bonchev–Trinajstić information content (AvgIpc) is 2.60. The molecule has 0 unspecified atom stereocenters. The summed E-state index contributed by atoms with van der Waals surface area (Å²) >= 11 is 6.15. The zero-order valence-electron chi connectivity index (χ0n) is 13.8. The molecule has 0 atom stereocenters. The molecule has 1 aliphatic rings. The van der Waals surface area contributed by atoms with Crippen LogP contribution >= 0.6 is 11.6 Å². The van der Waals surface area contributed by atoms with Crippen molar-refractivity contribution in [3.63, 3.8) is 0 Å². The maximum absolute atomic E-state index is 12.4. The van der Waals surface area contributed by atoms with Gasteiger partial charge >= 0.3 is 5.97 Å². The van der Waals surface area contributed by atoms with Crippen molar-refractivity contribution in [3.8, 4) is 5.75 Å². The van der Waals surface area contributed by atoms with E-state index >= 15 is 0 Å². The number of ether oxygens (including phenoxy) is 1. The van der Waals surface area contributed by atoms with Crippen molar-refractivity contribution in [2.75, 3.05) is 18.0 Å². The van der Waals surface area contributed by atoms with Gasteiger partial charge in [0, 0.05) is 30.5 Å². The number of esters is 1. The molecule has 2 heterocycles. The second-order valence-corrected chi connectivity index (χ2v) is 6.50. The molecule has 0 amide bonds. The van der Waals surface area contributed by atoms with Crippen LogP contribution in [0.5, 0.6) is 5.75 Å². The fraction of sp³-hybridized carbons (Fsp3) is 0.389. The molecule has 1 aromatic carbocycles. The van der Waals surface area contributed by atoms with Gasteiger partial charge in [-0.3, -0.25) is 9.78 Å². The average molecular weight is 346 g/mol. The maximum Gasteiger partial charge on any atom is 0.314 e. The topological polar surface area (TPSA) is 55.3 Å². The summed E-state index contributed by atoms with van der Waals surface area (Å²) in [7, 11) is 0. The first-order valence-electron chi connectivity index (χ1n) is 8.04. The van der Waals surface area contributed by atoms with Gasteiger partial charge in [0.25, 0.3) is 0 Å². The lowest BCUT2D eigenvalue weighted by atomic mass is 9.97. The van der Waals surface area contributed by atoms with Crippen LogP contribution in [0.15, 0.2) is 30.7 Å². The first kappa shape index (κ1) is 16.7. The molecule has 0 aliphatic carbocycles. The van der Waals surface area contributed by atoms with Gasteiger partial charge in [-0.1, -0.05) is 11.6 Å². The molecule has 1 aromatic heterocycles. The number of piperidine rings is 1. The van der Waals surface area contributed by atoms with Crippen LogP contribution in [0.3, 0.4) is 0 Å². The minimum atomic E-state index is -0.171. The monoisotopic (exact) mass is 345 g/mol. The first-order chi connectivity index (χ1) is 11.5. The molecule has 2 aromatic rings. The van der Waals surface area contributed by atoms with Crippen LogP contribution in [0.4, 0.5) is 5.82 Å². The van der Waals surface area contributed by atoms with E-state index in [0.29, 0.717) is 10.8 Å². The molecule has 0 N–H and O–H groups in total. The summed E-state index contributed by atoms with van der Waals surface area (Å²) in [5.74, 6) is 1.16. The minimum Gasteiger partial charge on any atom is -0.426 e. The number of carbonyl (C=O) groups is 1. The van der Waals surface area contributed by atoms with E-state index in [9.17, 15) is 4.79 Å². The third kappa shape index (κ3) is 3.67.